The van der Waals surface area contributed by atoms with Crippen LogP contribution in [0.4, 0.5) is 0 Å². The zero-order valence-electron chi connectivity index (χ0n) is 8.76. The van der Waals surface area contributed by atoms with Crippen LogP contribution in [0.3, 0.4) is 0 Å². The largest absolute Gasteiger partial charge is 0.319 e. The zero-order valence-corrected chi connectivity index (χ0v) is 9.51. The third-order valence-corrected chi connectivity index (χ3v) is 2.78. The Kier molecular flexibility index (Phi) is 4.91. The van der Waals surface area contributed by atoms with Gasteiger partial charge in [0.05, 0.1) is 5.02 Å². The minimum absolute atomic E-state index is 0.653. The first-order valence-corrected chi connectivity index (χ1v) is 5.38. The normalized spacial score (nSPS) is 12.8. The highest BCUT2D eigenvalue weighted by atomic mass is 35.5. The maximum atomic E-state index is 6.04. The molecule has 0 aliphatic carbocycles. The summed E-state index contributed by atoms with van der Waals surface area (Å²) >= 11 is 6.04. The topological polar surface area (TPSA) is 24.9 Å². The molecule has 1 heterocycles. The maximum absolute atomic E-state index is 6.04. The number of nitrogens with zero attached hydrogens (tertiary/aromatic N) is 1. The number of aromatic nitrogens is 1. The van der Waals surface area contributed by atoms with Gasteiger partial charge in [-0.15, -0.1) is 0 Å². The average Bonchev–Trinajstić information content (AvgIpc) is 2.20. The molecule has 78 valence electrons. The van der Waals surface area contributed by atoms with Crippen LogP contribution in [0.1, 0.15) is 18.9 Å². The average molecular weight is 213 g/mol. The zero-order chi connectivity index (χ0) is 10.4. The Labute approximate surface area is 90.7 Å². The molecule has 0 saturated heterocycles. The van der Waals surface area contributed by atoms with Crippen molar-refractivity contribution in [1.82, 2.24) is 10.3 Å². The molecular formula is C11H17ClN2. The first-order chi connectivity index (χ1) is 6.77. The Morgan fingerprint density at radius 3 is 2.93 bits per heavy atom. The molecule has 1 atom stereocenters. The van der Waals surface area contributed by atoms with Crippen molar-refractivity contribution in [2.45, 2.75) is 19.8 Å². The summed E-state index contributed by atoms with van der Waals surface area (Å²) in [4.78, 5) is 3.98. The van der Waals surface area contributed by atoms with Gasteiger partial charge in [-0.05, 0) is 37.6 Å². The van der Waals surface area contributed by atoms with Gasteiger partial charge in [-0.3, -0.25) is 4.98 Å². The fourth-order valence-corrected chi connectivity index (χ4v) is 1.73. The summed E-state index contributed by atoms with van der Waals surface area (Å²) in [6.07, 6.45) is 5.70. The third-order valence-electron chi connectivity index (χ3n) is 2.44. The first-order valence-electron chi connectivity index (χ1n) is 5.01. The minimum atomic E-state index is 0.653. The summed E-state index contributed by atoms with van der Waals surface area (Å²) in [7, 11) is 1.98. The first kappa shape index (κ1) is 11.5. The van der Waals surface area contributed by atoms with E-state index >= 15 is 0 Å². The van der Waals surface area contributed by atoms with E-state index in [4.69, 9.17) is 11.6 Å². The van der Waals surface area contributed by atoms with E-state index in [0.717, 1.165) is 18.0 Å². The van der Waals surface area contributed by atoms with E-state index in [0.29, 0.717) is 5.92 Å². The minimum Gasteiger partial charge on any atom is -0.319 e. The van der Waals surface area contributed by atoms with Crippen LogP contribution in [0.15, 0.2) is 18.5 Å². The van der Waals surface area contributed by atoms with Crippen molar-refractivity contribution in [2.24, 2.45) is 5.92 Å². The number of nitrogens with one attached hydrogen (secondary N) is 1. The molecule has 0 spiro atoms. The monoisotopic (exact) mass is 212 g/mol. The fourth-order valence-electron chi connectivity index (χ4n) is 1.53. The highest BCUT2D eigenvalue weighted by molar-refractivity contribution is 6.31. The molecule has 0 aliphatic heterocycles. The summed E-state index contributed by atoms with van der Waals surface area (Å²) in [5, 5.41) is 3.98. The Balaban J connectivity index is 2.62. The summed E-state index contributed by atoms with van der Waals surface area (Å²) < 4.78 is 0. The van der Waals surface area contributed by atoms with Crippen molar-refractivity contribution in [3.63, 3.8) is 0 Å². The van der Waals surface area contributed by atoms with Crippen LogP contribution in [0.25, 0.3) is 0 Å². The fraction of sp³-hybridized carbons (Fsp3) is 0.545. The molecule has 3 heteroatoms. The van der Waals surface area contributed by atoms with Gasteiger partial charge in [0.15, 0.2) is 0 Å². The Morgan fingerprint density at radius 1 is 1.57 bits per heavy atom. The summed E-state index contributed by atoms with van der Waals surface area (Å²) in [6.45, 7) is 3.24. The van der Waals surface area contributed by atoms with Gasteiger partial charge >= 0.3 is 0 Å². The lowest BCUT2D eigenvalue weighted by Gasteiger charge is -2.14. The summed E-state index contributed by atoms with van der Waals surface area (Å²) in [5.41, 5.74) is 1.20. The summed E-state index contributed by atoms with van der Waals surface area (Å²) in [6, 6.07) is 2.00. The van der Waals surface area contributed by atoms with Gasteiger partial charge in [-0.1, -0.05) is 24.9 Å². The van der Waals surface area contributed by atoms with Crippen LogP contribution in [-0.4, -0.2) is 18.6 Å². The van der Waals surface area contributed by atoms with Crippen molar-refractivity contribution in [1.29, 1.82) is 0 Å². The predicted octanol–water partition coefficient (Wildman–Crippen LogP) is 2.52. The van der Waals surface area contributed by atoms with E-state index in [2.05, 4.69) is 17.2 Å². The lowest BCUT2D eigenvalue weighted by molar-refractivity contribution is 0.481. The molecule has 2 nitrogen and oxygen atoms in total. The van der Waals surface area contributed by atoms with E-state index in [1.807, 2.05) is 13.1 Å². The van der Waals surface area contributed by atoms with Crippen LogP contribution in [-0.2, 0) is 6.42 Å². The highest BCUT2D eigenvalue weighted by Gasteiger charge is 2.08. The molecule has 0 fully saturated rings. The van der Waals surface area contributed by atoms with Crippen molar-refractivity contribution < 1.29 is 0 Å². The van der Waals surface area contributed by atoms with E-state index in [1.54, 1.807) is 12.4 Å². The number of halogens is 1. The Morgan fingerprint density at radius 2 is 2.36 bits per heavy atom. The molecule has 1 N–H and O–H groups in total. The molecule has 1 rings (SSSR count). The molecule has 0 bridgehead atoms. The molecule has 0 saturated carbocycles. The van der Waals surface area contributed by atoms with Gasteiger partial charge in [-0.2, -0.15) is 0 Å². The SMILES string of the molecule is CCC(CNC)Cc1ccncc1Cl. The lowest BCUT2D eigenvalue weighted by atomic mass is 9.97. The van der Waals surface area contributed by atoms with Gasteiger partial charge in [0, 0.05) is 12.4 Å². The van der Waals surface area contributed by atoms with Gasteiger partial charge in [0.1, 0.15) is 0 Å². The number of hydrogen-bond donors (Lipinski definition) is 1. The van der Waals surface area contributed by atoms with E-state index < -0.39 is 0 Å². The number of pyridine rings is 1. The standard InChI is InChI=1S/C11H17ClN2/c1-3-9(7-13-2)6-10-4-5-14-8-11(10)12/h4-5,8-9,13H,3,6-7H2,1-2H3. The van der Waals surface area contributed by atoms with Crippen LogP contribution in [0, 0.1) is 5.92 Å². The van der Waals surface area contributed by atoms with Gasteiger partial charge < -0.3 is 5.32 Å². The molecular weight excluding hydrogens is 196 g/mol. The maximum Gasteiger partial charge on any atom is 0.0621 e. The van der Waals surface area contributed by atoms with Crippen molar-refractivity contribution >= 4 is 11.6 Å². The van der Waals surface area contributed by atoms with Gasteiger partial charge in [0.2, 0.25) is 0 Å². The van der Waals surface area contributed by atoms with Crippen molar-refractivity contribution in [2.75, 3.05) is 13.6 Å². The molecule has 0 radical (unpaired) electrons. The molecule has 1 aromatic heterocycles. The van der Waals surface area contributed by atoms with E-state index in [9.17, 15) is 0 Å². The van der Waals surface area contributed by atoms with Crippen molar-refractivity contribution in [3.05, 3.63) is 29.0 Å². The Bertz CT molecular complexity index is 276. The second-order valence-electron chi connectivity index (χ2n) is 3.50. The lowest BCUT2D eigenvalue weighted by Crippen LogP contribution is -2.20. The van der Waals surface area contributed by atoms with Crippen LogP contribution < -0.4 is 5.32 Å². The molecule has 14 heavy (non-hydrogen) atoms. The molecule has 0 aliphatic rings. The van der Waals surface area contributed by atoms with Crippen LogP contribution in [0.5, 0.6) is 0 Å². The smallest absolute Gasteiger partial charge is 0.0621 e. The third kappa shape index (κ3) is 3.28. The second kappa shape index (κ2) is 5.99. The quantitative estimate of drug-likeness (QED) is 0.812. The predicted molar refractivity (Wildman–Crippen MR) is 60.7 cm³/mol. The van der Waals surface area contributed by atoms with E-state index in [1.165, 1.54) is 12.0 Å². The number of rotatable bonds is 5. The van der Waals surface area contributed by atoms with Crippen LogP contribution >= 0.6 is 11.6 Å². The highest BCUT2D eigenvalue weighted by Crippen LogP contribution is 2.18. The molecule has 1 unspecified atom stereocenters. The van der Waals surface area contributed by atoms with Crippen LogP contribution in [0.2, 0.25) is 5.02 Å². The van der Waals surface area contributed by atoms with Crippen molar-refractivity contribution in [3.8, 4) is 0 Å². The second-order valence-corrected chi connectivity index (χ2v) is 3.91. The molecule has 1 aromatic rings. The van der Waals surface area contributed by atoms with Gasteiger partial charge in [-0.25, -0.2) is 0 Å². The Hall–Kier alpha value is -0.600. The molecule has 0 aromatic carbocycles. The number of hydrogen-bond acceptors (Lipinski definition) is 2. The van der Waals surface area contributed by atoms with E-state index in [-0.39, 0.29) is 0 Å². The summed E-state index contributed by atoms with van der Waals surface area (Å²) in [5.74, 6) is 0.653. The molecule has 0 amide bonds. The van der Waals surface area contributed by atoms with Gasteiger partial charge in [0.25, 0.3) is 0 Å².